The maximum absolute atomic E-state index is 12.7. The number of rotatable bonds is 5. The Labute approximate surface area is 146 Å². The van der Waals surface area contributed by atoms with E-state index in [4.69, 9.17) is 0 Å². The Kier molecular flexibility index (Phi) is 5.19. The van der Waals surface area contributed by atoms with Crippen LogP contribution in [0.2, 0.25) is 0 Å². The van der Waals surface area contributed by atoms with Gasteiger partial charge >= 0.3 is 0 Å². The van der Waals surface area contributed by atoms with Crippen molar-refractivity contribution >= 4 is 11.8 Å². The zero-order valence-corrected chi connectivity index (χ0v) is 15.7. The van der Waals surface area contributed by atoms with E-state index in [0.29, 0.717) is 36.9 Å². The molecule has 0 aromatic heterocycles. The highest BCUT2D eigenvalue weighted by atomic mass is 16.2. The molecule has 3 rings (SSSR count). The largest absolute Gasteiger partial charge is 0.337 e. The van der Waals surface area contributed by atoms with Crippen LogP contribution in [-0.2, 0) is 9.59 Å². The molecular formula is C19H33N3O2. The molecule has 0 N–H and O–H groups in total. The molecule has 2 saturated heterocycles. The predicted molar refractivity (Wildman–Crippen MR) is 94.6 cm³/mol. The summed E-state index contributed by atoms with van der Waals surface area (Å²) >= 11 is 0. The summed E-state index contributed by atoms with van der Waals surface area (Å²) in [6, 6.07) is 1.44. The highest BCUT2D eigenvalue weighted by molar-refractivity contribution is 5.79. The van der Waals surface area contributed by atoms with Crippen molar-refractivity contribution < 1.29 is 9.59 Å². The van der Waals surface area contributed by atoms with Crippen LogP contribution in [0, 0.1) is 5.92 Å². The SMILES string of the molecule is CC(C)N(C(=O)CN1CC[C@H]2[C@@H](CCC(=O)N2C2CC2)C1)C(C)C. The Balaban J connectivity index is 1.59. The van der Waals surface area contributed by atoms with Crippen molar-refractivity contribution in [1.82, 2.24) is 14.7 Å². The zero-order valence-electron chi connectivity index (χ0n) is 15.7. The Morgan fingerprint density at radius 3 is 2.38 bits per heavy atom. The van der Waals surface area contributed by atoms with Crippen LogP contribution < -0.4 is 0 Å². The monoisotopic (exact) mass is 335 g/mol. The number of amides is 2. The number of nitrogens with zero attached hydrogens (tertiary/aromatic N) is 3. The van der Waals surface area contributed by atoms with E-state index in [2.05, 4.69) is 37.5 Å². The first kappa shape index (κ1) is 17.7. The van der Waals surface area contributed by atoms with Gasteiger partial charge in [-0.25, -0.2) is 0 Å². The van der Waals surface area contributed by atoms with Gasteiger partial charge in [0.1, 0.15) is 0 Å². The minimum Gasteiger partial charge on any atom is -0.337 e. The van der Waals surface area contributed by atoms with Gasteiger partial charge in [-0.3, -0.25) is 14.5 Å². The molecule has 3 fully saturated rings. The maximum Gasteiger partial charge on any atom is 0.237 e. The molecule has 2 heterocycles. The summed E-state index contributed by atoms with van der Waals surface area (Å²) in [6.45, 7) is 10.8. The number of hydrogen-bond donors (Lipinski definition) is 0. The predicted octanol–water partition coefficient (Wildman–Crippen LogP) is 2.11. The summed E-state index contributed by atoms with van der Waals surface area (Å²) in [7, 11) is 0. The van der Waals surface area contributed by atoms with Crippen LogP contribution >= 0.6 is 0 Å². The molecule has 0 spiro atoms. The van der Waals surface area contributed by atoms with Gasteiger partial charge in [0.05, 0.1) is 6.54 Å². The number of hydrogen-bond acceptors (Lipinski definition) is 3. The van der Waals surface area contributed by atoms with Crippen LogP contribution in [0.25, 0.3) is 0 Å². The van der Waals surface area contributed by atoms with Gasteiger partial charge in [-0.15, -0.1) is 0 Å². The van der Waals surface area contributed by atoms with Crippen molar-refractivity contribution in [2.24, 2.45) is 5.92 Å². The molecule has 2 amide bonds. The molecule has 0 aromatic rings. The van der Waals surface area contributed by atoms with E-state index < -0.39 is 0 Å². The summed E-state index contributed by atoms with van der Waals surface area (Å²) in [5, 5.41) is 0. The average Bonchev–Trinajstić information content (AvgIpc) is 3.31. The number of piperidine rings is 2. The van der Waals surface area contributed by atoms with Gasteiger partial charge in [0.2, 0.25) is 11.8 Å². The fourth-order valence-corrected chi connectivity index (χ4v) is 4.78. The molecule has 1 saturated carbocycles. The van der Waals surface area contributed by atoms with Crippen molar-refractivity contribution in [3.63, 3.8) is 0 Å². The smallest absolute Gasteiger partial charge is 0.237 e. The molecule has 24 heavy (non-hydrogen) atoms. The molecule has 0 bridgehead atoms. The van der Waals surface area contributed by atoms with Gasteiger partial charge in [-0.2, -0.15) is 0 Å². The molecule has 2 atom stereocenters. The minimum atomic E-state index is 0.240. The Bertz CT molecular complexity index is 479. The van der Waals surface area contributed by atoms with E-state index in [-0.39, 0.29) is 18.0 Å². The van der Waals surface area contributed by atoms with Crippen LogP contribution in [-0.4, -0.2) is 70.3 Å². The summed E-state index contributed by atoms with van der Waals surface area (Å²) < 4.78 is 0. The highest BCUT2D eigenvalue weighted by Gasteiger charge is 2.45. The normalized spacial score (nSPS) is 28.4. The molecule has 1 aliphatic carbocycles. The maximum atomic E-state index is 12.7. The number of fused-ring (bicyclic) bond motifs is 1. The number of carbonyl (C=O) groups is 2. The van der Waals surface area contributed by atoms with Crippen molar-refractivity contribution in [2.45, 2.75) is 84.0 Å². The number of carbonyl (C=O) groups excluding carboxylic acids is 2. The Morgan fingerprint density at radius 1 is 1.12 bits per heavy atom. The summed E-state index contributed by atoms with van der Waals surface area (Å²) in [6.07, 6.45) is 5.10. The molecule has 0 unspecified atom stereocenters. The first-order chi connectivity index (χ1) is 11.4. The van der Waals surface area contributed by atoms with Crippen LogP contribution in [0.1, 0.15) is 59.8 Å². The van der Waals surface area contributed by atoms with Gasteiger partial charge in [0, 0.05) is 43.7 Å². The average molecular weight is 335 g/mol. The Hall–Kier alpha value is -1.10. The minimum absolute atomic E-state index is 0.240. The molecule has 0 radical (unpaired) electrons. The summed E-state index contributed by atoms with van der Waals surface area (Å²) in [5.74, 6) is 1.16. The van der Waals surface area contributed by atoms with Crippen LogP contribution in [0.15, 0.2) is 0 Å². The summed E-state index contributed by atoms with van der Waals surface area (Å²) in [5.41, 5.74) is 0. The lowest BCUT2D eigenvalue weighted by atomic mass is 9.83. The van der Waals surface area contributed by atoms with Crippen molar-refractivity contribution in [3.8, 4) is 0 Å². The third kappa shape index (κ3) is 3.61. The second-order valence-corrected chi connectivity index (χ2v) is 8.41. The first-order valence-electron chi connectivity index (χ1n) is 9.73. The lowest BCUT2D eigenvalue weighted by Gasteiger charge is -2.47. The van der Waals surface area contributed by atoms with E-state index in [1.54, 1.807) is 0 Å². The lowest BCUT2D eigenvalue weighted by Crippen LogP contribution is -2.58. The third-order valence-corrected chi connectivity index (χ3v) is 5.85. The van der Waals surface area contributed by atoms with Gasteiger partial charge in [0.25, 0.3) is 0 Å². The van der Waals surface area contributed by atoms with Gasteiger partial charge < -0.3 is 9.80 Å². The number of likely N-dealkylation sites (tertiary alicyclic amines) is 2. The van der Waals surface area contributed by atoms with Crippen molar-refractivity contribution in [3.05, 3.63) is 0 Å². The van der Waals surface area contributed by atoms with Crippen molar-refractivity contribution in [1.29, 1.82) is 0 Å². The fraction of sp³-hybridized carbons (Fsp3) is 0.895. The Morgan fingerprint density at radius 2 is 1.79 bits per heavy atom. The molecule has 5 nitrogen and oxygen atoms in total. The van der Waals surface area contributed by atoms with Gasteiger partial charge in [-0.05, 0) is 59.3 Å². The molecule has 0 aromatic carbocycles. The van der Waals surface area contributed by atoms with E-state index in [1.165, 1.54) is 12.8 Å². The van der Waals surface area contributed by atoms with Gasteiger partial charge in [-0.1, -0.05) is 0 Å². The van der Waals surface area contributed by atoms with E-state index in [0.717, 1.165) is 25.9 Å². The zero-order chi connectivity index (χ0) is 17.4. The quantitative estimate of drug-likeness (QED) is 0.773. The molecule has 3 aliphatic rings. The summed E-state index contributed by atoms with van der Waals surface area (Å²) in [4.78, 5) is 31.5. The van der Waals surface area contributed by atoms with E-state index in [9.17, 15) is 9.59 Å². The van der Waals surface area contributed by atoms with Crippen LogP contribution in [0.3, 0.4) is 0 Å². The van der Waals surface area contributed by atoms with E-state index >= 15 is 0 Å². The van der Waals surface area contributed by atoms with Crippen LogP contribution in [0.5, 0.6) is 0 Å². The highest BCUT2D eigenvalue weighted by Crippen LogP contribution is 2.38. The molecule has 2 aliphatic heterocycles. The standard InChI is InChI=1S/C19H33N3O2/c1-13(2)21(14(3)4)19(24)12-20-10-9-17-15(11-20)5-8-18(23)22(17)16-6-7-16/h13-17H,5-12H2,1-4H3/t15-,17-/m0/s1. The molecular weight excluding hydrogens is 302 g/mol. The van der Waals surface area contributed by atoms with E-state index in [1.807, 2.05) is 4.90 Å². The second-order valence-electron chi connectivity index (χ2n) is 8.41. The second kappa shape index (κ2) is 7.03. The van der Waals surface area contributed by atoms with Crippen LogP contribution in [0.4, 0.5) is 0 Å². The topological polar surface area (TPSA) is 43.9 Å². The molecule has 136 valence electrons. The third-order valence-electron chi connectivity index (χ3n) is 5.85. The molecule has 5 heteroatoms. The fourth-order valence-electron chi connectivity index (χ4n) is 4.78. The lowest BCUT2D eigenvalue weighted by molar-refractivity contribution is -0.144. The van der Waals surface area contributed by atoms with Crippen molar-refractivity contribution in [2.75, 3.05) is 19.6 Å². The van der Waals surface area contributed by atoms with Gasteiger partial charge in [0.15, 0.2) is 0 Å². The first-order valence-corrected chi connectivity index (χ1v) is 9.73.